The molecule has 1 aromatic rings. The SMILES string of the molecule is CCCCCCNc1cc(NCCC)nc(C(C)C)n1. The van der Waals surface area contributed by atoms with E-state index < -0.39 is 0 Å². The maximum absolute atomic E-state index is 4.60. The van der Waals surface area contributed by atoms with Gasteiger partial charge in [0.2, 0.25) is 0 Å². The Morgan fingerprint density at radius 3 is 2.10 bits per heavy atom. The lowest BCUT2D eigenvalue weighted by Crippen LogP contribution is -2.10. The summed E-state index contributed by atoms with van der Waals surface area (Å²) in [4.78, 5) is 9.16. The van der Waals surface area contributed by atoms with Crippen molar-refractivity contribution < 1.29 is 0 Å². The van der Waals surface area contributed by atoms with E-state index in [1.54, 1.807) is 0 Å². The summed E-state index contributed by atoms with van der Waals surface area (Å²) in [7, 11) is 0. The van der Waals surface area contributed by atoms with Gasteiger partial charge in [-0.05, 0) is 12.8 Å². The summed E-state index contributed by atoms with van der Waals surface area (Å²) in [6.45, 7) is 10.6. The van der Waals surface area contributed by atoms with E-state index in [1.807, 2.05) is 6.07 Å². The Morgan fingerprint density at radius 1 is 0.900 bits per heavy atom. The van der Waals surface area contributed by atoms with Gasteiger partial charge in [0.05, 0.1) is 0 Å². The van der Waals surface area contributed by atoms with E-state index in [1.165, 1.54) is 25.7 Å². The summed E-state index contributed by atoms with van der Waals surface area (Å²) >= 11 is 0. The van der Waals surface area contributed by atoms with Gasteiger partial charge in [0, 0.05) is 25.1 Å². The topological polar surface area (TPSA) is 49.8 Å². The van der Waals surface area contributed by atoms with Crippen LogP contribution in [0.25, 0.3) is 0 Å². The van der Waals surface area contributed by atoms with Crippen LogP contribution >= 0.6 is 0 Å². The van der Waals surface area contributed by atoms with Crippen LogP contribution in [-0.4, -0.2) is 23.1 Å². The van der Waals surface area contributed by atoms with Crippen molar-refractivity contribution in [2.45, 2.75) is 65.7 Å². The predicted molar refractivity (Wildman–Crippen MR) is 87.5 cm³/mol. The molecule has 0 saturated carbocycles. The first-order valence-corrected chi connectivity index (χ1v) is 8.04. The number of rotatable bonds is 10. The van der Waals surface area contributed by atoms with Gasteiger partial charge in [-0.25, -0.2) is 9.97 Å². The molecule has 0 bridgehead atoms. The molecule has 0 saturated heterocycles. The molecule has 0 aromatic carbocycles. The van der Waals surface area contributed by atoms with E-state index >= 15 is 0 Å². The largest absolute Gasteiger partial charge is 0.370 e. The van der Waals surface area contributed by atoms with Crippen LogP contribution in [0.3, 0.4) is 0 Å². The quantitative estimate of drug-likeness (QED) is 0.622. The summed E-state index contributed by atoms with van der Waals surface area (Å²) in [5.74, 6) is 3.13. The Morgan fingerprint density at radius 2 is 1.55 bits per heavy atom. The molecule has 2 N–H and O–H groups in total. The highest BCUT2D eigenvalue weighted by molar-refractivity contribution is 5.47. The van der Waals surface area contributed by atoms with Crippen LogP contribution in [0.15, 0.2) is 6.07 Å². The Balaban J connectivity index is 2.60. The number of nitrogens with one attached hydrogen (secondary N) is 2. The molecular formula is C16H30N4. The Labute approximate surface area is 123 Å². The van der Waals surface area contributed by atoms with Gasteiger partial charge < -0.3 is 10.6 Å². The number of unbranched alkanes of at least 4 members (excludes halogenated alkanes) is 3. The third-order valence-corrected chi connectivity index (χ3v) is 3.15. The highest BCUT2D eigenvalue weighted by Crippen LogP contribution is 2.17. The molecule has 0 radical (unpaired) electrons. The third kappa shape index (κ3) is 6.22. The van der Waals surface area contributed by atoms with E-state index in [4.69, 9.17) is 0 Å². The van der Waals surface area contributed by atoms with Crippen molar-refractivity contribution in [2.24, 2.45) is 0 Å². The van der Waals surface area contributed by atoms with Crippen molar-refractivity contribution in [3.8, 4) is 0 Å². The van der Waals surface area contributed by atoms with E-state index in [9.17, 15) is 0 Å². The molecule has 4 nitrogen and oxygen atoms in total. The van der Waals surface area contributed by atoms with Gasteiger partial charge in [-0.1, -0.05) is 47.0 Å². The Bertz CT molecular complexity index is 377. The van der Waals surface area contributed by atoms with Crippen LogP contribution in [0.1, 0.15) is 71.5 Å². The molecular weight excluding hydrogens is 248 g/mol. The molecule has 1 rings (SSSR count). The zero-order valence-corrected chi connectivity index (χ0v) is 13.5. The third-order valence-electron chi connectivity index (χ3n) is 3.15. The average molecular weight is 278 g/mol. The van der Waals surface area contributed by atoms with Gasteiger partial charge in [-0.2, -0.15) is 0 Å². The van der Waals surface area contributed by atoms with Gasteiger partial charge in [-0.15, -0.1) is 0 Å². The fourth-order valence-electron chi connectivity index (χ4n) is 1.93. The first-order chi connectivity index (χ1) is 9.67. The number of aromatic nitrogens is 2. The van der Waals surface area contributed by atoms with Crippen molar-refractivity contribution in [3.05, 3.63) is 11.9 Å². The Kier molecular flexibility index (Phi) is 8.00. The second kappa shape index (κ2) is 9.56. The van der Waals surface area contributed by atoms with E-state index in [0.717, 1.165) is 37.0 Å². The molecule has 0 amide bonds. The molecule has 0 unspecified atom stereocenters. The smallest absolute Gasteiger partial charge is 0.135 e. The van der Waals surface area contributed by atoms with Crippen LogP contribution in [0, 0.1) is 0 Å². The molecule has 114 valence electrons. The number of nitrogens with zero attached hydrogens (tertiary/aromatic N) is 2. The van der Waals surface area contributed by atoms with Crippen molar-refractivity contribution in [1.29, 1.82) is 0 Å². The average Bonchev–Trinajstić information content (AvgIpc) is 2.44. The lowest BCUT2D eigenvalue weighted by Gasteiger charge is -2.12. The molecule has 0 aliphatic heterocycles. The maximum Gasteiger partial charge on any atom is 0.135 e. The summed E-state index contributed by atoms with van der Waals surface area (Å²) in [5, 5.41) is 6.77. The second-order valence-corrected chi connectivity index (χ2v) is 5.57. The molecule has 0 atom stereocenters. The molecule has 0 spiro atoms. The molecule has 0 fully saturated rings. The minimum atomic E-state index is 0.346. The molecule has 1 aromatic heterocycles. The van der Waals surface area contributed by atoms with Crippen molar-refractivity contribution in [3.63, 3.8) is 0 Å². The van der Waals surface area contributed by atoms with Crippen LogP contribution in [0.5, 0.6) is 0 Å². The minimum Gasteiger partial charge on any atom is -0.370 e. The first-order valence-electron chi connectivity index (χ1n) is 8.04. The van der Waals surface area contributed by atoms with Gasteiger partial charge in [0.15, 0.2) is 0 Å². The first kappa shape index (κ1) is 16.7. The number of hydrogen-bond acceptors (Lipinski definition) is 4. The fraction of sp³-hybridized carbons (Fsp3) is 0.750. The maximum atomic E-state index is 4.60. The van der Waals surface area contributed by atoms with E-state index in [2.05, 4.69) is 48.3 Å². The van der Waals surface area contributed by atoms with Crippen molar-refractivity contribution >= 4 is 11.6 Å². The van der Waals surface area contributed by atoms with E-state index in [0.29, 0.717) is 5.92 Å². The molecule has 1 heterocycles. The number of anilines is 2. The zero-order chi connectivity index (χ0) is 14.8. The summed E-state index contributed by atoms with van der Waals surface area (Å²) in [5.41, 5.74) is 0. The van der Waals surface area contributed by atoms with Crippen LogP contribution in [-0.2, 0) is 0 Å². The summed E-state index contributed by atoms with van der Waals surface area (Å²) < 4.78 is 0. The van der Waals surface area contributed by atoms with Gasteiger partial charge in [0.25, 0.3) is 0 Å². The van der Waals surface area contributed by atoms with Crippen LogP contribution in [0.2, 0.25) is 0 Å². The molecule has 4 heteroatoms. The van der Waals surface area contributed by atoms with E-state index in [-0.39, 0.29) is 0 Å². The molecule has 20 heavy (non-hydrogen) atoms. The molecule has 0 aliphatic carbocycles. The highest BCUT2D eigenvalue weighted by Gasteiger charge is 2.07. The summed E-state index contributed by atoms with van der Waals surface area (Å²) in [6.07, 6.45) is 6.17. The minimum absolute atomic E-state index is 0.346. The second-order valence-electron chi connectivity index (χ2n) is 5.57. The van der Waals surface area contributed by atoms with Gasteiger partial charge in [0.1, 0.15) is 17.5 Å². The van der Waals surface area contributed by atoms with Gasteiger partial charge in [-0.3, -0.25) is 0 Å². The highest BCUT2D eigenvalue weighted by atomic mass is 15.1. The van der Waals surface area contributed by atoms with Crippen LogP contribution < -0.4 is 10.6 Å². The lowest BCUT2D eigenvalue weighted by atomic mass is 10.2. The Hall–Kier alpha value is -1.32. The van der Waals surface area contributed by atoms with Crippen LogP contribution in [0.4, 0.5) is 11.6 Å². The predicted octanol–water partition coefficient (Wildman–Crippen LogP) is 4.41. The van der Waals surface area contributed by atoms with Crippen molar-refractivity contribution in [1.82, 2.24) is 9.97 Å². The standard InChI is InChI=1S/C16H30N4/c1-5-7-8-9-11-18-15-12-14(17-10-6-2)19-16(20-15)13(3)4/h12-13H,5-11H2,1-4H3,(H2,17,18,19,20). The van der Waals surface area contributed by atoms with Crippen molar-refractivity contribution in [2.75, 3.05) is 23.7 Å². The summed E-state index contributed by atoms with van der Waals surface area (Å²) in [6, 6.07) is 2.02. The normalized spacial score (nSPS) is 10.8. The lowest BCUT2D eigenvalue weighted by molar-refractivity contribution is 0.683. The fourth-order valence-corrected chi connectivity index (χ4v) is 1.93. The zero-order valence-electron chi connectivity index (χ0n) is 13.5. The number of hydrogen-bond donors (Lipinski definition) is 2. The monoisotopic (exact) mass is 278 g/mol. The van der Waals surface area contributed by atoms with Gasteiger partial charge >= 0.3 is 0 Å². The molecule has 0 aliphatic rings.